The number of aryl methyl sites for hydroxylation is 1. The summed E-state index contributed by atoms with van der Waals surface area (Å²) in [4.78, 5) is 29.4. The maximum absolute atomic E-state index is 12.4. The first kappa shape index (κ1) is 16.0. The van der Waals surface area contributed by atoms with Crippen molar-refractivity contribution in [3.63, 3.8) is 0 Å². The van der Waals surface area contributed by atoms with Crippen LogP contribution in [0.3, 0.4) is 0 Å². The molecule has 0 saturated carbocycles. The van der Waals surface area contributed by atoms with E-state index >= 15 is 0 Å². The Labute approximate surface area is 138 Å². The molecule has 2 heterocycles. The molecule has 1 unspecified atom stereocenters. The van der Waals surface area contributed by atoms with Gasteiger partial charge in [-0.25, -0.2) is 9.78 Å². The molecule has 0 radical (unpaired) electrons. The van der Waals surface area contributed by atoms with Crippen LogP contribution in [0, 0.1) is 12.3 Å². The topological polar surface area (TPSA) is 111 Å². The van der Waals surface area contributed by atoms with Gasteiger partial charge in [0.2, 0.25) is 0 Å². The Morgan fingerprint density at radius 2 is 2.21 bits per heavy atom. The summed E-state index contributed by atoms with van der Waals surface area (Å²) in [6.45, 7) is 4.10. The van der Waals surface area contributed by atoms with E-state index in [4.69, 9.17) is 0 Å². The molecule has 3 rings (SSSR count). The molecule has 1 aromatic heterocycles. The number of carbonyl (C=O) groups excluding carboxylic acids is 1. The number of H-pyrrole nitrogens is 1. The Morgan fingerprint density at radius 3 is 2.83 bits per heavy atom. The van der Waals surface area contributed by atoms with Crippen LogP contribution >= 0.6 is 0 Å². The van der Waals surface area contributed by atoms with Crippen LogP contribution in [0.1, 0.15) is 19.2 Å². The number of hydrogen-bond acceptors (Lipinski definition) is 4. The minimum atomic E-state index is -0.879. The molecule has 8 nitrogen and oxygen atoms in total. The number of amides is 2. The van der Waals surface area contributed by atoms with Crippen molar-refractivity contribution in [1.82, 2.24) is 20.1 Å². The fourth-order valence-corrected chi connectivity index (χ4v) is 2.72. The van der Waals surface area contributed by atoms with Crippen molar-refractivity contribution in [1.29, 1.82) is 0 Å². The standard InChI is InChI=1S/C16H19N5O3/c1-10-17-13(20-19-10)11-4-3-5-12(8-11)18-15(24)21-7-6-16(2,9-21)14(22)23/h3-5,8H,6-7,9H2,1-2H3,(H,18,24)(H,22,23)(H,17,19,20). The number of aliphatic carboxylic acids is 1. The monoisotopic (exact) mass is 329 g/mol. The second-order valence-corrected chi connectivity index (χ2v) is 6.29. The number of carbonyl (C=O) groups is 2. The number of anilines is 1. The van der Waals surface area contributed by atoms with E-state index in [1.807, 2.05) is 19.1 Å². The van der Waals surface area contributed by atoms with Gasteiger partial charge in [0.05, 0.1) is 5.41 Å². The predicted octanol–water partition coefficient (Wildman–Crippen LogP) is 2.11. The van der Waals surface area contributed by atoms with E-state index in [-0.39, 0.29) is 12.6 Å². The molecule has 1 atom stereocenters. The first-order valence-electron chi connectivity index (χ1n) is 7.66. The van der Waals surface area contributed by atoms with Gasteiger partial charge < -0.3 is 15.3 Å². The van der Waals surface area contributed by atoms with Crippen LogP contribution in [0.25, 0.3) is 11.4 Å². The Balaban J connectivity index is 1.70. The largest absolute Gasteiger partial charge is 0.481 e. The second kappa shape index (κ2) is 5.95. The van der Waals surface area contributed by atoms with Crippen LogP contribution in [0.2, 0.25) is 0 Å². The second-order valence-electron chi connectivity index (χ2n) is 6.29. The third kappa shape index (κ3) is 3.08. The van der Waals surface area contributed by atoms with Gasteiger partial charge in [0.1, 0.15) is 5.82 Å². The molecule has 0 bridgehead atoms. The zero-order valence-electron chi connectivity index (χ0n) is 13.5. The fraction of sp³-hybridized carbons (Fsp3) is 0.375. The van der Waals surface area contributed by atoms with Crippen molar-refractivity contribution in [2.45, 2.75) is 20.3 Å². The molecule has 24 heavy (non-hydrogen) atoms. The van der Waals surface area contributed by atoms with Crippen LogP contribution in [0.5, 0.6) is 0 Å². The molecule has 1 aliphatic rings. The Kier molecular flexibility index (Phi) is 3.96. The summed E-state index contributed by atoms with van der Waals surface area (Å²) in [7, 11) is 0. The highest BCUT2D eigenvalue weighted by Crippen LogP contribution is 2.30. The number of hydrogen-bond donors (Lipinski definition) is 3. The quantitative estimate of drug-likeness (QED) is 0.798. The molecule has 1 fully saturated rings. The third-order valence-electron chi connectivity index (χ3n) is 4.25. The summed E-state index contributed by atoms with van der Waals surface area (Å²) in [5.41, 5.74) is 0.521. The summed E-state index contributed by atoms with van der Waals surface area (Å²) in [6, 6.07) is 6.92. The lowest BCUT2D eigenvalue weighted by Gasteiger charge is -2.20. The van der Waals surface area contributed by atoms with E-state index in [0.717, 1.165) is 5.56 Å². The zero-order chi connectivity index (χ0) is 17.3. The van der Waals surface area contributed by atoms with E-state index in [9.17, 15) is 14.7 Å². The van der Waals surface area contributed by atoms with Crippen molar-refractivity contribution in [2.75, 3.05) is 18.4 Å². The molecule has 0 spiro atoms. The highest BCUT2D eigenvalue weighted by atomic mass is 16.4. The van der Waals surface area contributed by atoms with Gasteiger partial charge in [0.15, 0.2) is 5.82 Å². The van der Waals surface area contributed by atoms with Crippen LogP contribution in [-0.4, -0.2) is 50.3 Å². The average molecular weight is 329 g/mol. The predicted molar refractivity (Wildman–Crippen MR) is 87.5 cm³/mol. The first-order valence-corrected chi connectivity index (χ1v) is 7.66. The maximum atomic E-state index is 12.4. The van der Waals surface area contributed by atoms with Gasteiger partial charge in [-0.2, -0.15) is 5.10 Å². The number of benzene rings is 1. The number of aromatic nitrogens is 3. The lowest BCUT2D eigenvalue weighted by atomic mass is 9.90. The van der Waals surface area contributed by atoms with Crippen LogP contribution in [0.4, 0.5) is 10.5 Å². The normalized spacial score (nSPS) is 20.2. The van der Waals surface area contributed by atoms with E-state index in [2.05, 4.69) is 20.5 Å². The zero-order valence-corrected chi connectivity index (χ0v) is 13.5. The van der Waals surface area contributed by atoms with Gasteiger partial charge >= 0.3 is 12.0 Å². The molecule has 2 amide bonds. The lowest BCUT2D eigenvalue weighted by molar-refractivity contribution is -0.146. The molecule has 8 heteroatoms. The van der Waals surface area contributed by atoms with Gasteiger partial charge in [-0.15, -0.1) is 0 Å². The summed E-state index contributed by atoms with van der Waals surface area (Å²) in [6.07, 6.45) is 0.451. The number of nitrogens with zero attached hydrogens (tertiary/aromatic N) is 3. The van der Waals surface area contributed by atoms with Crippen LogP contribution in [-0.2, 0) is 4.79 Å². The van der Waals surface area contributed by atoms with Crippen molar-refractivity contribution < 1.29 is 14.7 Å². The number of aromatic amines is 1. The maximum Gasteiger partial charge on any atom is 0.321 e. The molecule has 2 aromatic rings. The number of likely N-dealkylation sites (tertiary alicyclic amines) is 1. The van der Waals surface area contributed by atoms with Gasteiger partial charge in [0, 0.05) is 24.3 Å². The van der Waals surface area contributed by atoms with Crippen molar-refractivity contribution in [3.8, 4) is 11.4 Å². The van der Waals surface area contributed by atoms with Gasteiger partial charge in [-0.3, -0.25) is 9.89 Å². The molecule has 1 aliphatic heterocycles. The third-order valence-corrected chi connectivity index (χ3v) is 4.25. The molecule has 3 N–H and O–H groups in total. The first-order chi connectivity index (χ1) is 11.4. The minimum absolute atomic E-state index is 0.202. The Hall–Kier alpha value is -2.90. The van der Waals surface area contributed by atoms with Gasteiger partial charge in [-0.1, -0.05) is 12.1 Å². The summed E-state index contributed by atoms with van der Waals surface area (Å²) >= 11 is 0. The van der Waals surface area contributed by atoms with Crippen LogP contribution in [0.15, 0.2) is 24.3 Å². The van der Waals surface area contributed by atoms with Crippen LogP contribution < -0.4 is 5.32 Å². The van der Waals surface area contributed by atoms with Gasteiger partial charge in [0.25, 0.3) is 0 Å². The molecule has 0 aliphatic carbocycles. The minimum Gasteiger partial charge on any atom is -0.481 e. The summed E-state index contributed by atoms with van der Waals surface area (Å²) in [5, 5.41) is 18.9. The van der Waals surface area contributed by atoms with E-state index in [1.54, 1.807) is 19.1 Å². The van der Waals surface area contributed by atoms with Crippen molar-refractivity contribution in [2.24, 2.45) is 5.41 Å². The summed E-state index contributed by atoms with van der Waals surface area (Å²) in [5.74, 6) is 0.396. The molecule has 1 saturated heterocycles. The number of rotatable bonds is 3. The number of urea groups is 1. The Morgan fingerprint density at radius 1 is 1.42 bits per heavy atom. The molecular formula is C16H19N5O3. The van der Waals surface area contributed by atoms with E-state index < -0.39 is 11.4 Å². The van der Waals surface area contributed by atoms with Crippen molar-refractivity contribution >= 4 is 17.7 Å². The molecular weight excluding hydrogens is 310 g/mol. The molecule has 1 aromatic carbocycles. The number of carboxylic acids is 1. The van der Waals surface area contributed by atoms with Crippen molar-refractivity contribution in [3.05, 3.63) is 30.1 Å². The summed E-state index contributed by atoms with van der Waals surface area (Å²) < 4.78 is 0. The SMILES string of the molecule is Cc1nc(-c2cccc(NC(=O)N3CCC(C)(C(=O)O)C3)c2)n[nH]1. The van der Waals surface area contributed by atoms with E-state index in [0.29, 0.717) is 30.3 Å². The molecule has 126 valence electrons. The average Bonchev–Trinajstić information content (AvgIpc) is 3.15. The number of carboxylic acid groups (broad SMARTS) is 1. The Bertz CT molecular complexity index is 788. The smallest absolute Gasteiger partial charge is 0.321 e. The fourth-order valence-electron chi connectivity index (χ4n) is 2.72. The number of nitrogens with one attached hydrogen (secondary N) is 2. The lowest BCUT2D eigenvalue weighted by Crippen LogP contribution is -2.37. The highest BCUT2D eigenvalue weighted by Gasteiger charge is 2.42. The van der Waals surface area contributed by atoms with E-state index in [1.165, 1.54) is 4.90 Å². The highest BCUT2D eigenvalue weighted by molar-refractivity contribution is 5.91. The van der Waals surface area contributed by atoms with Gasteiger partial charge in [-0.05, 0) is 32.4 Å².